The van der Waals surface area contributed by atoms with Gasteiger partial charge in [-0.15, -0.1) is 0 Å². The molecular weight excluding hydrogens is 300 g/mol. The molecule has 22 heavy (non-hydrogen) atoms. The maximum Gasteiger partial charge on any atom is 0.224 e. The minimum atomic E-state index is 0.0442. The molecule has 0 bridgehead atoms. The molecule has 6 heteroatoms. The third-order valence-corrected chi connectivity index (χ3v) is 4.18. The second-order valence-electron chi connectivity index (χ2n) is 5.41. The number of nitrogens with zero attached hydrogens (tertiary/aromatic N) is 3. The Labute approximate surface area is 134 Å². The lowest BCUT2D eigenvalue weighted by molar-refractivity contribution is -0.134. The predicted octanol–water partition coefficient (Wildman–Crippen LogP) is 2.10. The van der Waals surface area contributed by atoms with E-state index in [-0.39, 0.29) is 11.9 Å². The Balaban J connectivity index is 1.70. The fourth-order valence-electron chi connectivity index (χ4n) is 2.80. The smallest absolute Gasteiger partial charge is 0.224 e. The summed E-state index contributed by atoms with van der Waals surface area (Å²) >= 11 is 6.09. The van der Waals surface area contributed by atoms with E-state index in [2.05, 4.69) is 10.3 Å². The molecule has 1 N–H and O–H groups in total. The van der Waals surface area contributed by atoms with Crippen LogP contribution in [0.4, 0.5) is 0 Å². The maximum atomic E-state index is 12.6. The molecule has 5 nitrogen and oxygen atoms in total. The van der Waals surface area contributed by atoms with Crippen molar-refractivity contribution in [3.63, 3.8) is 0 Å². The summed E-state index contributed by atoms with van der Waals surface area (Å²) < 4.78 is 1.93. The van der Waals surface area contributed by atoms with Crippen LogP contribution in [0.1, 0.15) is 18.0 Å². The van der Waals surface area contributed by atoms with Crippen LogP contribution in [-0.4, -0.2) is 40.0 Å². The highest BCUT2D eigenvalue weighted by atomic mass is 35.5. The van der Waals surface area contributed by atoms with Crippen LogP contribution >= 0.6 is 11.6 Å². The summed E-state index contributed by atoms with van der Waals surface area (Å²) in [6, 6.07) is 7.80. The zero-order valence-corrected chi connectivity index (χ0v) is 13.0. The van der Waals surface area contributed by atoms with Crippen LogP contribution in [0.25, 0.3) is 0 Å². The van der Waals surface area contributed by atoms with Crippen molar-refractivity contribution in [2.45, 2.75) is 19.0 Å². The van der Waals surface area contributed by atoms with Gasteiger partial charge in [0.05, 0.1) is 12.4 Å². The predicted molar refractivity (Wildman–Crippen MR) is 85.6 cm³/mol. The molecule has 1 fully saturated rings. The molecule has 0 radical (unpaired) electrons. The fourth-order valence-corrected chi connectivity index (χ4v) is 3.00. The summed E-state index contributed by atoms with van der Waals surface area (Å²) in [7, 11) is 0. The highest BCUT2D eigenvalue weighted by Crippen LogP contribution is 2.25. The number of benzene rings is 1. The van der Waals surface area contributed by atoms with E-state index in [4.69, 9.17) is 11.6 Å². The van der Waals surface area contributed by atoms with Gasteiger partial charge in [0.2, 0.25) is 5.91 Å². The summed E-state index contributed by atoms with van der Waals surface area (Å²) in [6.07, 6.45) is 5.82. The van der Waals surface area contributed by atoms with E-state index in [1.54, 1.807) is 12.5 Å². The van der Waals surface area contributed by atoms with Crippen molar-refractivity contribution in [2.24, 2.45) is 0 Å². The molecule has 3 rings (SSSR count). The van der Waals surface area contributed by atoms with E-state index in [0.717, 1.165) is 25.2 Å². The molecular formula is C16H19ClN4O. The second kappa shape index (κ2) is 6.94. The highest BCUT2D eigenvalue weighted by molar-refractivity contribution is 6.30. The van der Waals surface area contributed by atoms with Gasteiger partial charge < -0.3 is 14.8 Å². The number of rotatable bonds is 4. The van der Waals surface area contributed by atoms with E-state index in [1.165, 1.54) is 0 Å². The Bertz CT molecular complexity index is 629. The van der Waals surface area contributed by atoms with Crippen molar-refractivity contribution < 1.29 is 4.79 Å². The van der Waals surface area contributed by atoms with Gasteiger partial charge in [0.1, 0.15) is 0 Å². The summed E-state index contributed by atoms with van der Waals surface area (Å²) in [5.74, 6) is 0.167. The third-order valence-electron chi connectivity index (χ3n) is 3.94. The van der Waals surface area contributed by atoms with Crippen molar-refractivity contribution >= 4 is 17.5 Å². The molecule has 1 aliphatic rings. The van der Waals surface area contributed by atoms with Crippen LogP contribution in [0.3, 0.4) is 0 Å². The number of carbonyl (C=O) groups excluding carboxylic acids is 1. The first-order valence-electron chi connectivity index (χ1n) is 7.45. The van der Waals surface area contributed by atoms with Gasteiger partial charge in [0.25, 0.3) is 0 Å². The Morgan fingerprint density at radius 2 is 2.36 bits per heavy atom. The highest BCUT2D eigenvalue weighted by Gasteiger charge is 2.27. The number of aryl methyl sites for hydroxylation is 1. The Hall–Kier alpha value is -1.85. The van der Waals surface area contributed by atoms with Gasteiger partial charge in [-0.2, -0.15) is 0 Å². The lowest BCUT2D eigenvalue weighted by Gasteiger charge is -2.36. The van der Waals surface area contributed by atoms with E-state index in [9.17, 15) is 4.79 Å². The number of hydrogen-bond donors (Lipinski definition) is 1. The molecule has 1 amide bonds. The van der Waals surface area contributed by atoms with Crippen molar-refractivity contribution in [3.8, 4) is 0 Å². The monoisotopic (exact) mass is 318 g/mol. The van der Waals surface area contributed by atoms with Gasteiger partial charge >= 0.3 is 0 Å². The molecule has 1 saturated heterocycles. The Morgan fingerprint density at radius 1 is 1.45 bits per heavy atom. The minimum absolute atomic E-state index is 0.0442. The molecule has 1 atom stereocenters. The summed E-state index contributed by atoms with van der Waals surface area (Å²) in [5.41, 5.74) is 1.08. The van der Waals surface area contributed by atoms with E-state index < -0.39 is 0 Å². The summed E-state index contributed by atoms with van der Waals surface area (Å²) in [6.45, 7) is 2.97. The Morgan fingerprint density at radius 3 is 3.14 bits per heavy atom. The van der Waals surface area contributed by atoms with Crippen molar-refractivity contribution in [1.29, 1.82) is 0 Å². The molecule has 2 aromatic rings. The van der Waals surface area contributed by atoms with Gasteiger partial charge in [-0.1, -0.05) is 23.7 Å². The van der Waals surface area contributed by atoms with E-state index in [0.29, 0.717) is 18.0 Å². The first kappa shape index (κ1) is 15.1. The molecule has 0 saturated carbocycles. The topological polar surface area (TPSA) is 50.2 Å². The molecule has 1 aliphatic heterocycles. The number of piperazine rings is 1. The van der Waals surface area contributed by atoms with Gasteiger partial charge in [0, 0.05) is 50.0 Å². The first-order valence-corrected chi connectivity index (χ1v) is 7.83. The molecule has 0 spiro atoms. The standard InChI is InChI=1S/C16H19ClN4O/c17-14-3-1-2-13(10-14)15-11-18-6-9-21(15)16(22)4-7-20-8-5-19-12-20/h1-3,5,8,10,12,15,18H,4,6-7,9,11H2. The number of nitrogens with one attached hydrogen (secondary N) is 1. The van der Waals surface area contributed by atoms with Crippen molar-refractivity contribution in [2.75, 3.05) is 19.6 Å². The zero-order chi connectivity index (χ0) is 15.4. The molecule has 0 aliphatic carbocycles. The molecule has 1 unspecified atom stereocenters. The van der Waals surface area contributed by atoms with Crippen molar-refractivity contribution in [1.82, 2.24) is 19.8 Å². The van der Waals surface area contributed by atoms with Gasteiger partial charge in [-0.05, 0) is 17.7 Å². The van der Waals surface area contributed by atoms with Crippen LogP contribution in [-0.2, 0) is 11.3 Å². The lowest BCUT2D eigenvalue weighted by atomic mass is 10.0. The number of imidazole rings is 1. The number of halogens is 1. The van der Waals surface area contributed by atoms with Crippen LogP contribution in [0.2, 0.25) is 5.02 Å². The lowest BCUT2D eigenvalue weighted by Crippen LogP contribution is -2.48. The van der Waals surface area contributed by atoms with Gasteiger partial charge in [-0.25, -0.2) is 4.98 Å². The van der Waals surface area contributed by atoms with Crippen LogP contribution in [0, 0.1) is 0 Å². The van der Waals surface area contributed by atoms with Crippen LogP contribution in [0.5, 0.6) is 0 Å². The Kier molecular flexibility index (Phi) is 4.75. The first-order chi connectivity index (χ1) is 10.7. The SMILES string of the molecule is O=C(CCn1ccnc1)N1CCNCC1c1cccc(Cl)c1. The van der Waals surface area contributed by atoms with Crippen LogP contribution in [0.15, 0.2) is 43.0 Å². The van der Waals surface area contributed by atoms with E-state index in [1.807, 2.05) is 39.9 Å². The molecule has 1 aromatic heterocycles. The van der Waals surface area contributed by atoms with Gasteiger partial charge in [-0.3, -0.25) is 4.79 Å². The van der Waals surface area contributed by atoms with Gasteiger partial charge in [0.15, 0.2) is 0 Å². The quantitative estimate of drug-likeness (QED) is 0.939. The average Bonchev–Trinajstić information content (AvgIpc) is 3.06. The molecule has 116 valence electrons. The summed E-state index contributed by atoms with van der Waals surface area (Å²) in [4.78, 5) is 18.5. The number of carbonyl (C=O) groups is 1. The average molecular weight is 319 g/mol. The minimum Gasteiger partial charge on any atom is -0.337 e. The number of aromatic nitrogens is 2. The number of hydrogen-bond acceptors (Lipinski definition) is 3. The zero-order valence-electron chi connectivity index (χ0n) is 12.3. The second-order valence-corrected chi connectivity index (χ2v) is 5.85. The largest absolute Gasteiger partial charge is 0.337 e. The number of amides is 1. The maximum absolute atomic E-state index is 12.6. The molecule has 2 heterocycles. The van der Waals surface area contributed by atoms with Crippen LogP contribution < -0.4 is 5.32 Å². The molecule has 1 aromatic carbocycles. The normalized spacial score (nSPS) is 18.4. The third kappa shape index (κ3) is 3.48. The summed E-state index contributed by atoms with van der Waals surface area (Å²) in [5, 5.41) is 4.06. The van der Waals surface area contributed by atoms with Crippen molar-refractivity contribution in [3.05, 3.63) is 53.6 Å². The van der Waals surface area contributed by atoms with E-state index >= 15 is 0 Å². The fraction of sp³-hybridized carbons (Fsp3) is 0.375.